The highest BCUT2D eigenvalue weighted by molar-refractivity contribution is 8.00. The quantitative estimate of drug-likeness (QED) is 0.117. The maximum Gasteiger partial charge on any atom is 0.416 e. The fourth-order valence-electron chi connectivity index (χ4n) is 4.17. The van der Waals surface area contributed by atoms with E-state index in [1.165, 1.54) is 32.4 Å². The molecule has 0 aliphatic heterocycles. The Bertz CT molecular complexity index is 1750. The second-order valence-electron chi connectivity index (χ2n) is 9.80. The third-order valence-corrected chi connectivity index (χ3v) is 7.57. The van der Waals surface area contributed by atoms with Crippen LogP contribution in [0.15, 0.2) is 108 Å². The van der Waals surface area contributed by atoms with Gasteiger partial charge in [0.1, 0.15) is 5.70 Å². The van der Waals surface area contributed by atoms with Crippen LogP contribution in [0.3, 0.4) is 0 Å². The summed E-state index contributed by atoms with van der Waals surface area (Å²) in [5.41, 5.74) is 0.402. The average Bonchev–Trinajstić information content (AvgIpc) is 3.04. The van der Waals surface area contributed by atoms with E-state index >= 15 is 0 Å². The van der Waals surface area contributed by atoms with E-state index in [2.05, 4.69) is 16.0 Å². The first kappa shape index (κ1) is 33.7. The molecular weight excluding hydrogens is 619 g/mol. The number of methoxy groups -OCH3 is 2. The van der Waals surface area contributed by atoms with Gasteiger partial charge in [-0.3, -0.25) is 14.4 Å². The highest BCUT2D eigenvalue weighted by Crippen LogP contribution is 2.32. The lowest BCUT2D eigenvalue weighted by atomic mass is 10.1. The number of hydrogen-bond donors (Lipinski definition) is 3. The van der Waals surface area contributed by atoms with Gasteiger partial charge in [-0.1, -0.05) is 36.4 Å². The first-order valence-corrected chi connectivity index (χ1v) is 14.7. The van der Waals surface area contributed by atoms with Gasteiger partial charge >= 0.3 is 6.18 Å². The van der Waals surface area contributed by atoms with Gasteiger partial charge in [0.15, 0.2) is 11.5 Å². The molecule has 12 heteroatoms. The lowest BCUT2D eigenvalue weighted by Crippen LogP contribution is -2.30. The van der Waals surface area contributed by atoms with Crippen LogP contribution in [-0.4, -0.2) is 37.2 Å². The van der Waals surface area contributed by atoms with Crippen molar-refractivity contribution < 1.29 is 37.0 Å². The van der Waals surface area contributed by atoms with Gasteiger partial charge in [0, 0.05) is 21.8 Å². The van der Waals surface area contributed by atoms with E-state index in [-0.39, 0.29) is 11.4 Å². The Morgan fingerprint density at radius 3 is 2.13 bits per heavy atom. The number of rotatable bonds is 11. The molecule has 0 aromatic heterocycles. The summed E-state index contributed by atoms with van der Waals surface area (Å²) in [5, 5.41) is 7.27. The standard InChI is InChI=1S/C34H30F3N3O5S/c1-21(31(41)38-25-12-7-11-24(19-25)34(35,36)37)46-27-14-8-13-26(20-27)39-33(43)28(40-32(42)23-9-5-4-6-10-23)17-22-15-16-29(44-2)30(18-22)45-3/h4-21H,1-3H3,(H,38,41)(H,39,43)(H,40,42)/b28-17+. The van der Waals surface area contributed by atoms with E-state index in [9.17, 15) is 27.6 Å². The molecule has 0 heterocycles. The van der Waals surface area contributed by atoms with Crippen molar-refractivity contribution in [3.63, 3.8) is 0 Å². The zero-order valence-corrected chi connectivity index (χ0v) is 25.8. The predicted molar refractivity (Wildman–Crippen MR) is 172 cm³/mol. The molecule has 0 fully saturated rings. The van der Waals surface area contributed by atoms with Crippen molar-refractivity contribution in [2.24, 2.45) is 0 Å². The largest absolute Gasteiger partial charge is 0.493 e. The Morgan fingerprint density at radius 1 is 0.783 bits per heavy atom. The fourth-order valence-corrected chi connectivity index (χ4v) is 5.10. The van der Waals surface area contributed by atoms with Crippen molar-refractivity contribution in [1.82, 2.24) is 5.32 Å². The number of hydrogen-bond acceptors (Lipinski definition) is 6. The molecule has 0 radical (unpaired) electrons. The Labute approximate surface area is 268 Å². The minimum Gasteiger partial charge on any atom is -0.493 e. The molecule has 3 N–H and O–H groups in total. The maximum absolute atomic E-state index is 13.5. The highest BCUT2D eigenvalue weighted by Gasteiger charge is 2.30. The van der Waals surface area contributed by atoms with Crippen molar-refractivity contribution in [3.05, 3.63) is 119 Å². The van der Waals surface area contributed by atoms with E-state index in [0.29, 0.717) is 33.2 Å². The van der Waals surface area contributed by atoms with Crippen LogP contribution in [0, 0.1) is 0 Å². The van der Waals surface area contributed by atoms with E-state index in [4.69, 9.17) is 9.47 Å². The van der Waals surface area contributed by atoms with Crippen LogP contribution in [0.2, 0.25) is 0 Å². The molecule has 1 atom stereocenters. The molecule has 238 valence electrons. The third-order valence-electron chi connectivity index (χ3n) is 6.48. The summed E-state index contributed by atoms with van der Waals surface area (Å²) in [6.45, 7) is 1.61. The summed E-state index contributed by atoms with van der Waals surface area (Å²) in [5.74, 6) is -0.682. The maximum atomic E-state index is 13.5. The van der Waals surface area contributed by atoms with Crippen LogP contribution in [-0.2, 0) is 15.8 Å². The van der Waals surface area contributed by atoms with Crippen LogP contribution >= 0.6 is 11.8 Å². The lowest BCUT2D eigenvalue weighted by Gasteiger charge is -2.15. The molecule has 4 rings (SSSR count). The second-order valence-corrected chi connectivity index (χ2v) is 11.2. The molecule has 46 heavy (non-hydrogen) atoms. The van der Waals surface area contributed by atoms with Gasteiger partial charge in [0.05, 0.1) is 25.0 Å². The molecule has 0 spiro atoms. The van der Waals surface area contributed by atoms with Crippen LogP contribution in [0.4, 0.5) is 24.5 Å². The molecule has 0 saturated carbocycles. The first-order chi connectivity index (χ1) is 22.0. The van der Waals surface area contributed by atoms with E-state index in [0.717, 1.165) is 23.9 Å². The van der Waals surface area contributed by atoms with Gasteiger partial charge in [0.2, 0.25) is 5.91 Å². The van der Waals surface area contributed by atoms with Crippen LogP contribution < -0.4 is 25.4 Å². The van der Waals surface area contributed by atoms with E-state index in [1.807, 2.05) is 0 Å². The molecule has 0 saturated heterocycles. The molecular formula is C34H30F3N3O5S. The number of halogens is 3. The Morgan fingerprint density at radius 2 is 1.46 bits per heavy atom. The fraction of sp³-hybridized carbons (Fsp3) is 0.147. The number of anilines is 2. The molecule has 4 aromatic carbocycles. The zero-order valence-electron chi connectivity index (χ0n) is 25.0. The Balaban J connectivity index is 1.50. The zero-order chi connectivity index (χ0) is 33.3. The molecule has 8 nitrogen and oxygen atoms in total. The van der Waals surface area contributed by atoms with Gasteiger partial charge in [-0.2, -0.15) is 13.2 Å². The normalized spacial score (nSPS) is 12.1. The summed E-state index contributed by atoms with van der Waals surface area (Å²) in [6.07, 6.45) is -3.04. The summed E-state index contributed by atoms with van der Waals surface area (Å²) < 4.78 is 49.8. The van der Waals surface area contributed by atoms with Crippen molar-refractivity contribution in [2.75, 3.05) is 24.9 Å². The summed E-state index contributed by atoms with van der Waals surface area (Å²) in [4.78, 5) is 39.9. The lowest BCUT2D eigenvalue weighted by molar-refractivity contribution is -0.137. The predicted octanol–water partition coefficient (Wildman–Crippen LogP) is 7.25. The van der Waals surface area contributed by atoms with Gasteiger partial charge in [-0.05, 0) is 79.2 Å². The number of carbonyl (C=O) groups excluding carboxylic acids is 3. The van der Waals surface area contributed by atoms with Crippen LogP contribution in [0.5, 0.6) is 11.5 Å². The van der Waals surface area contributed by atoms with Gasteiger partial charge in [0.25, 0.3) is 11.8 Å². The van der Waals surface area contributed by atoms with Gasteiger partial charge in [-0.25, -0.2) is 0 Å². The number of benzene rings is 4. The van der Waals surface area contributed by atoms with Crippen molar-refractivity contribution in [1.29, 1.82) is 0 Å². The smallest absolute Gasteiger partial charge is 0.416 e. The number of alkyl halides is 3. The number of carbonyl (C=O) groups is 3. The molecule has 0 aliphatic rings. The second kappa shape index (κ2) is 15.2. The molecule has 0 aliphatic carbocycles. The number of amides is 3. The number of thioether (sulfide) groups is 1. The third kappa shape index (κ3) is 9.14. The minimum atomic E-state index is -4.53. The summed E-state index contributed by atoms with van der Waals surface area (Å²) in [6, 6.07) is 24.5. The van der Waals surface area contributed by atoms with E-state index < -0.39 is 34.7 Å². The SMILES string of the molecule is COc1ccc(/C=C(/NC(=O)c2ccccc2)C(=O)Nc2cccc(SC(C)C(=O)Nc3cccc(C(F)(F)F)c3)c2)cc1OC. The van der Waals surface area contributed by atoms with E-state index in [1.54, 1.807) is 79.7 Å². The van der Waals surface area contributed by atoms with Crippen molar-refractivity contribution in [3.8, 4) is 11.5 Å². The van der Waals surface area contributed by atoms with Gasteiger partial charge in [-0.15, -0.1) is 11.8 Å². The van der Waals surface area contributed by atoms with Crippen LogP contribution in [0.25, 0.3) is 6.08 Å². The summed E-state index contributed by atoms with van der Waals surface area (Å²) in [7, 11) is 2.99. The highest BCUT2D eigenvalue weighted by atomic mass is 32.2. The molecule has 1 unspecified atom stereocenters. The van der Waals surface area contributed by atoms with Crippen LogP contribution in [0.1, 0.15) is 28.4 Å². The minimum absolute atomic E-state index is 0.0274. The number of ether oxygens (including phenoxy) is 2. The molecule has 4 aromatic rings. The number of nitrogens with one attached hydrogen (secondary N) is 3. The van der Waals surface area contributed by atoms with Crippen molar-refractivity contribution >= 4 is 46.9 Å². The Kier molecular flexibility index (Phi) is 11.1. The first-order valence-electron chi connectivity index (χ1n) is 13.8. The van der Waals surface area contributed by atoms with Crippen molar-refractivity contribution in [2.45, 2.75) is 23.2 Å². The monoisotopic (exact) mass is 649 g/mol. The van der Waals surface area contributed by atoms with Gasteiger partial charge < -0.3 is 25.4 Å². The molecule has 0 bridgehead atoms. The topological polar surface area (TPSA) is 106 Å². The Hall–Kier alpha value is -5.23. The summed E-state index contributed by atoms with van der Waals surface area (Å²) >= 11 is 1.15. The molecule has 3 amide bonds. The average molecular weight is 650 g/mol.